The van der Waals surface area contributed by atoms with E-state index in [2.05, 4.69) is 0 Å². The molecule has 0 aliphatic carbocycles. The molecule has 0 N–H and O–H groups in total. The highest BCUT2D eigenvalue weighted by Crippen LogP contribution is 2.28. The van der Waals surface area contributed by atoms with Gasteiger partial charge in [0, 0.05) is 30.1 Å². The normalized spacial score (nSPS) is 11.9. The summed E-state index contributed by atoms with van der Waals surface area (Å²) in [6, 6.07) is 5.92. The molecule has 0 saturated carbocycles. The topological polar surface area (TPSA) is 101 Å². The van der Waals surface area contributed by atoms with Crippen LogP contribution >= 0.6 is 11.8 Å². The molecule has 1 heterocycles. The Morgan fingerprint density at radius 1 is 1.28 bits per heavy atom. The summed E-state index contributed by atoms with van der Waals surface area (Å²) in [5.74, 6) is -1.12. The van der Waals surface area contributed by atoms with E-state index in [0.717, 1.165) is 17.5 Å². The number of carbonyl (C=O) groups is 2. The van der Waals surface area contributed by atoms with Crippen LogP contribution in [-0.2, 0) is 9.47 Å². The number of nitro benzene ring substituents is 1. The average molecular weight is 420 g/mol. The third kappa shape index (κ3) is 5.04. The Morgan fingerprint density at radius 2 is 1.97 bits per heavy atom. The molecule has 1 aromatic heterocycles. The maximum Gasteiger partial charge on any atom is 0.338 e. The second kappa shape index (κ2) is 9.71. The van der Waals surface area contributed by atoms with Gasteiger partial charge >= 0.3 is 5.97 Å². The first-order chi connectivity index (χ1) is 13.7. The highest BCUT2D eigenvalue weighted by atomic mass is 32.2. The number of aromatic nitrogens is 1. The number of nitro groups is 1. The number of nitrogens with zero attached hydrogens (tertiary/aromatic N) is 2. The number of esters is 1. The SMILES string of the molecule is COC[C@H](C)n1c(C)cc(C(=O)COC(=O)c2ccc(SC)c([N+](=O)[O-])c2)c1C. The van der Waals surface area contributed by atoms with E-state index < -0.39 is 17.5 Å². The highest BCUT2D eigenvalue weighted by molar-refractivity contribution is 7.98. The van der Waals surface area contributed by atoms with Gasteiger partial charge in [-0.25, -0.2) is 4.79 Å². The van der Waals surface area contributed by atoms with Crippen molar-refractivity contribution in [3.63, 3.8) is 0 Å². The molecule has 1 atom stereocenters. The van der Waals surface area contributed by atoms with Crippen LogP contribution in [0.3, 0.4) is 0 Å². The van der Waals surface area contributed by atoms with Crippen LogP contribution in [0.15, 0.2) is 29.2 Å². The van der Waals surface area contributed by atoms with Crippen LogP contribution < -0.4 is 0 Å². The largest absolute Gasteiger partial charge is 0.454 e. The molecule has 0 aliphatic heterocycles. The van der Waals surface area contributed by atoms with E-state index in [1.807, 2.05) is 25.3 Å². The zero-order chi connectivity index (χ0) is 21.7. The molecular weight excluding hydrogens is 396 g/mol. The third-order valence-electron chi connectivity index (χ3n) is 4.58. The number of Topliss-reactive ketones (excluding diaryl/α,β-unsaturated/α-hetero) is 1. The van der Waals surface area contributed by atoms with Gasteiger partial charge in [0.1, 0.15) is 0 Å². The molecule has 8 nitrogen and oxygen atoms in total. The number of thioether (sulfide) groups is 1. The Kier molecular flexibility index (Phi) is 7.58. The Balaban J connectivity index is 2.13. The maximum absolute atomic E-state index is 12.6. The number of hydrogen-bond donors (Lipinski definition) is 0. The van der Waals surface area contributed by atoms with Crippen LogP contribution in [0.1, 0.15) is 45.1 Å². The Morgan fingerprint density at radius 3 is 2.55 bits per heavy atom. The number of ether oxygens (including phenoxy) is 2. The second-order valence-corrected chi connectivity index (χ2v) is 7.45. The smallest absolute Gasteiger partial charge is 0.338 e. The van der Waals surface area contributed by atoms with Crippen molar-refractivity contribution in [2.24, 2.45) is 0 Å². The van der Waals surface area contributed by atoms with Crippen molar-refractivity contribution in [3.8, 4) is 0 Å². The summed E-state index contributed by atoms with van der Waals surface area (Å²) < 4.78 is 12.3. The molecule has 1 aromatic carbocycles. The van der Waals surface area contributed by atoms with E-state index in [-0.39, 0.29) is 23.1 Å². The summed E-state index contributed by atoms with van der Waals surface area (Å²) in [6.07, 6.45) is 1.71. The zero-order valence-electron chi connectivity index (χ0n) is 17.1. The number of aryl methyl sites for hydroxylation is 1. The molecule has 0 radical (unpaired) electrons. The molecule has 2 aromatic rings. The number of methoxy groups -OCH3 is 1. The molecule has 156 valence electrons. The van der Waals surface area contributed by atoms with Gasteiger partial charge in [-0.3, -0.25) is 14.9 Å². The van der Waals surface area contributed by atoms with Gasteiger partial charge < -0.3 is 14.0 Å². The van der Waals surface area contributed by atoms with Crippen molar-refractivity contribution in [1.29, 1.82) is 0 Å². The van der Waals surface area contributed by atoms with E-state index in [4.69, 9.17) is 9.47 Å². The van der Waals surface area contributed by atoms with Crippen LogP contribution in [0.4, 0.5) is 5.69 Å². The molecular formula is C20H24N2O6S. The van der Waals surface area contributed by atoms with E-state index in [9.17, 15) is 19.7 Å². The molecule has 0 amide bonds. The number of ketones is 1. The van der Waals surface area contributed by atoms with Crippen molar-refractivity contribution in [1.82, 2.24) is 4.57 Å². The Labute approximate surface area is 173 Å². The maximum atomic E-state index is 12.6. The molecule has 0 saturated heterocycles. The van der Waals surface area contributed by atoms with Crippen molar-refractivity contribution in [2.75, 3.05) is 26.6 Å². The monoisotopic (exact) mass is 420 g/mol. The van der Waals surface area contributed by atoms with Crippen LogP contribution in [-0.4, -0.2) is 47.8 Å². The van der Waals surface area contributed by atoms with E-state index in [0.29, 0.717) is 17.1 Å². The van der Waals surface area contributed by atoms with Gasteiger partial charge in [-0.15, -0.1) is 11.8 Å². The average Bonchev–Trinajstić information content (AvgIpc) is 2.99. The fourth-order valence-electron chi connectivity index (χ4n) is 3.31. The molecule has 29 heavy (non-hydrogen) atoms. The lowest BCUT2D eigenvalue weighted by molar-refractivity contribution is -0.387. The van der Waals surface area contributed by atoms with Crippen LogP contribution in [0.5, 0.6) is 0 Å². The molecule has 0 aliphatic rings. The minimum absolute atomic E-state index is 0.0292. The molecule has 0 fully saturated rings. The quantitative estimate of drug-likeness (QED) is 0.199. The van der Waals surface area contributed by atoms with Gasteiger partial charge in [0.15, 0.2) is 6.61 Å². The molecule has 2 rings (SSSR count). The molecule has 0 unspecified atom stereocenters. The second-order valence-electron chi connectivity index (χ2n) is 6.60. The summed E-state index contributed by atoms with van der Waals surface area (Å²) in [5, 5.41) is 11.2. The summed E-state index contributed by atoms with van der Waals surface area (Å²) >= 11 is 1.21. The van der Waals surface area contributed by atoms with Gasteiger partial charge in [0.25, 0.3) is 5.69 Å². The van der Waals surface area contributed by atoms with Crippen LogP contribution in [0.2, 0.25) is 0 Å². The Bertz CT molecular complexity index is 937. The van der Waals surface area contributed by atoms with Crippen molar-refractivity contribution in [2.45, 2.75) is 31.7 Å². The molecule has 9 heteroatoms. The summed E-state index contributed by atoms with van der Waals surface area (Å²) in [4.78, 5) is 35.9. The van der Waals surface area contributed by atoms with E-state index >= 15 is 0 Å². The van der Waals surface area contributed by atoms with E-state index in [1.165, 1.54) is 23.9 Å². The minimum atomic E-state index is -0.782. The predicted molar refractivity (Wildman–Crippen MR) is 110 cm³/mol. The molecule has 0 bridgehead atoms. The van der Waals surface area contributed by atoms with Crippen molar-refractivity contribution in [3.05, 3.63) is 56.9 Å². The fraction of sp³-hybridized carbons (Fsp3) is 0.400. The van der Waals surface area contributed by atoms with Crippen LogP contribution in [0, 0.1) is 24.0 Å². The number of hydrogen-bond acceptors (Lipinski definition) is 7. The minimum Gasteiger partial charge on any atom is -0.454 e. The van der Waals surface area contributed by atoms with Gasteiger partial charge in [0.05, 0.1) is 28.0 Å². The lowest BCUT2D eigenvalue weighted by Crippen LogP contribution is -2.17. The van der Waals surface area contributed by atoms with Gasteiger partial charge in [-0.05, 0) is 45.2 Å². The van der Waals surface area contributed by atoms with Crippen LogP contribution in [0.25, 0.3) is 0 Å². The standard InChI is InChI=1S/C20H24N2O6S/c1-12-8-16(14(3)21(12)13(2)10-27-4)18(23)11-28-20(24)15-6-7-19(29-5)17(9-15)22(25)26/h6-9,13H,10-11H2,1-5H3/t13-/m0/s1. The summed E-state index contributed by atoms with van der Waals surface area (Å²) in [5.41, 5.74) is 2.01. The lowest BCUT2D eigenvalue weighted by Gasteiger charge is -2.17. The third-order valence-corrected chi connectivity index (χ3v) is 5.36. The highest BCUT2D eigenvalue weighted by Gasteiger charge is 2.22. The first kappa shape index (κ1) is 22.6. The van der Waals surface area contributed by atoms with E-state index in [1.54, 1.807) is 19.4 Å². The lowest BCUT2D eigenvalue weighted by atomic mass is 10.1. The first-order valence-electron chi connectivity index (χ1n) is 8.91. The Hall–Kier alpha value is -2.65. The zero-order valence-corrected chi connectivity index (χ0v) is 17.9. The van der Waals surface area contributed by atoms with Crippen molar-refractivity contribution < 1.29 is 24.0 Å². The van der Waals surface area contributed by atoms with Gasteiger partial charge in [0.2, 0.25) is 5.78 Å². The fourth-order valence-corrected chi connectivity index (χ4v) is 3.85. The van der Waals surface area contributed by atoms with Gasteiger partial charge in [-0.1, -0.05) is 0 Å². The predicted octanol–water partition coefficient (Wildman–Crippen LogP) is 3.98. The number of rotatable bonds is 9. The van der Waals surface area contributed by atoms with Gasteiger partial charge in [-0.2, -0.15) is 0 Å². The number of carbonyl (C=O) groups excluding carboxylic acids is 2. The summed E-state index contributed by atoms with van der Waals surface area (Å²) in [7, 11) is 1.62. The number of benzene rings is 1. The summed E-state index contributed by atoms with van der Waals surface area (Å²) in [6.45, 7) is 5.78. The molecule has 0 spiro atoms. The van der Waals surface area contributed by atoms with Crippen molar-refractivity contribution >= 4 is 29.2 Å². The first-order valence-corrected chi connectivity index (χ1v) is 10.1.